The summed E-state index contributed by atoms with van der Waals surface area (Å²) in [4.78, 5) is 13.0. The lowest BCUT2D eigenvalue weighted by Gasteiger charge is -2.41. The number of H-pyrrole nitrogens is 2. The molecule has 168 valence electrons. The number of aromatic nitrogens is 4. The van der Waals surface area contributed by atoms with Gasteiger partial charge in [0.15, 0.2) is 5.82 Å². The summed E-state index contributed by atoms with van der Waals surface area (Å²) in [5.41, 5.74) is 4.79. The number of hydrogen-bond donors (Lipinski definition) is 2. The molecule has 2 N–H and O–H groups in total. The molecule has 7 nitrogen and oxygen atoms in total. The number of nitrogens with zero attached hydrogens (tertiary/aromatic N) is 4. The van der Waals surface area contributed by atoms with E-state index < -0.39 is 0 Å². The van der Waals surface area contributed by atoms with Crippen molar-refractivity contribution in [1.29, 1.82) is 0 Å². The highest BCUT2D eigenvalue weighted by Crippen LogP contribution is 2.30. The van der Waals surface area contributed by atoms with Crippen LogP contribution in [0.1, 0.15) is 20.8 Å². The highest BCUT2D eigenvalue weighted by molar-refractivity contribution is 6.31. The number of aromatic amines is 2. The fourth-order valence-corrected chi connectivity index (χ4v) is 4.45. The fourth-order valence-electron chi connectivity index (χ4n) is 4.28. The van der Waals surface area contributed by atoms with E-state index in [0.29, 0.717) is 17.1 Å². The molecule has 2 aromatic heterocycles. The molecular weight excluding hydrogens is 424 g/mol. The van der Waals surface area contributed by atoms with Crippen LogP contribution in [0.5, 0.6) is 0 Å². The number of ether oxygens (including phenoxy) is 1. The van der Waals surface area contributed by atoms with E-state index in [2.05, 4.69) is 71.0 Å². The van der Waals surface area contributed by atoms with Gasteiger partial charge in [-0.15, -0.1) is 0 Å². The zero-order valence-corrected chi connectivity index (χ0v) is 19.6. The number of fused-ring (bicyclic) bond motifs is 2. The molecule has 2 aromatic carbocycles. The van der Waals surface area contributed by atoms with Crippen molar-refractivity contribution < 1.29 is 4.74 Å². The van der Waals surface area contributed by atoms with Gasteiger partial charge in [-0.3, -0.25) is 5.10 Å². The summed E-state index contributed by atoms with van der Waals surface area (Å²) in [6.07, 6.45) is 0.189. The highest BCUT2D eigenvalue weighted by Gasteiger charge is 2.28. The third-order valence-electron chi connectivity index (χ3n) is 6.42. The number of hydrogen-bond acceptors (Lipinski definition) is 5. The maximum absolute atomic E-state index is 6.13. The maximum Gasteiger partial charge on any atom is 0.159 e. The number of anilines is 1. The molecule has 0 amide bonds. The van der Waals surface area contributed by atoms with E-state index in [9.17, 15) is 0 Å². The molecular formula is C24H29ClN6O. The molecule has 0 saturated carbocycles. The summed E-state index contributed by atoms with van der Waals surface area (Å²) in [5.74, 6) is 0.747. The Morgan fingerprint density at radius 2 is 2.06 bits per heavy atom. The van der Waals surface area contributed by atoms with Crippen molar-refractivity contribution in [2.75, 3.05) is 31.6 Å². The van der Waals surface area contributed by atoms with E-state index in [1.807, 2.05) is 18.2 Å². The Labute approximate surface area is 192 Å². The van der Waals surface area contributed by atoms with E-state index >= 15 is 0 Å². The minimum atomic E-state index is 0.189. The smallest absolute Gasteiger partial charge is 0.159 e. The van der Waals surface area contributed by atoms with Crippen LogP contribution in [0, 0.1) is 0 Å². The van der Waals surface area contributed by atoms with Crippen molar-refractivity contribution in [3.63, 3.8) is 0 Å². The molecule has 0 spiro atoms. The number of morpholine rings is 1. The molecule has 4 aromatic rings. The van der Waals surface area contributed by atoms with Gasteiger partial charge >= 0.3 is 0 Å². The van der Waals surface area contributed by atoms with Gasteiger partial charge in [0.1, 0.15) is 5.69 Å². The van der Waals surface area contributed by atoms with Crippen molar-refractivity contribution in [3.05, 3.63) is 41.4 Å². The van der Waals surface area contributed by atoms with Crippen molar-refractivity contribution >= 4 is 39.2 Å². The van der Waals surface area contributed by atoms with Crippen molar-refractivity contribution in [3.8, 4) is 11.5 Å². The van der Waals surface area contributed by atoms with Crippen LogP contribution in [0.3, 0.4) is 0 Å². The summed E-state index contributed by atoms with van der Waals surface area (Å²) in [6, 6.07) is 12.9. The Balaban J connectivity index is 1.43. The van der Waals surface area contributed by atoms with Crippen LogP contribution in [0.15, 0.2) is 36.4 Å². The maximum atomic E-state index is 6.13. The Kier molecular flexibility index (Phi) is 5.57. The predicted octanol–water partition coefficient (Wildman–Crippen LogP) is 4.69. The topological polar surface area (TPSA) is 73.1 Å². The molecule has 3 heterocycles. The molecule has 0 aliphatic carbocycles. The Morgan fingerprint density at radius 3 is 2.88 bits per heavy atom. The normalized spacial score (nSPS) is 19.7. The first-order valence-corrected chi connectivity index (χ1v) is 11.5. The molecule has 2 atom stereocenters. The molecule has 5 rings (SSSR count). The first-order valence-electron chi connectivity index (χ1n) is 11.1. The molecule has 1 saturated heterocycles. The zero-order valence-electron chi connectivity index (χ0n) is 18.9. The van der Waals surface area contributed by atoms with Crippen LogP contribution < -0.4 is 4.90 Å². The number of rotatable bonds is 5. The van der Waals surface area contributed by atoms with Crippen molar-refractivity contribution in [1.82, 2.24) is 25.1 Å². The third-order valence-corrected chi connectivity index (χ3v) is 6.66. The Hall–Kier alpha value is -2.61. The van der Waals surface area contributed by atoms with Gasteiger partial charge in [-0.05, 0) is 64.2 Å². The van der Waals surface area contributed by atoms with E-state index in [4.69, 9.17) is 21.3 Å². The standard InChI is InChI=1S/C24H29ClN6O/c1-14(2)30(4)11-18-12-31(15(3)13-32-18)17-6-8-20-22(10-17)27-24(26-20)23-19-7-5-16(25)9-21(19)28-29-23/h5-10,14-15,18H,11-13H2,1-4H3,(H,26,27)(H,28,29). The second kappa shape index (κ2) is 8.39. The second-order valence-corrected chi connectivity index (χ2v) is 9.48. The quantitative estimate of drug-likeness (QED) is 0.459. The molecule has 32 heavy (non-hydrogen) atoms. The summed E-state index contributed by atoms with van der Waals surface area (Å²) in [6.45, 7) is 9.16. The number of likely N-dealkylation sites (N-methyl/N-ethyl adjacent to an activating group) is 1. The third kappa shape index (κ3) is 3.96. The van der Waals surface area contributed by atoms with E-state index in [1.165, 1.54) is 5.69 Å². The van der Waals surface area contributed by atoms with Crippen molar-refractivity contribution in [2.45, 2.75) is 39.0 Å². The summed E-state index contributed by atoms with van der Waals surface area (Å²) in [7, 11) is 2.15. The number of benzene rings is 2. The van der Waals surface area contributed by atoms with Gasteiger partial charge in [-0.2, -0.15) is 5.10 Å². The van der Waals surface area contributed by atoms with Crippen LogP contribution >= 0.6 is 11.6 Å². The van der Waals surface area contributed by atoms with Gasteiger partial charge in [-0.1, -0.05) is 11.6 Å². The SMILES string of the molecule is CC(C)N(C)CC1CN(c2ccc3nc(-c4n[nH]c5cc(Cl)ccc45)[nH]c3c2)C(C)CO1. The molecule has 1 aliphatic rings. The van der Waals surface area contributed by atoms with Crippen LogP contribution in [0.4, 0.5) is 5.69 Å². The molecule has 0 bridgehead atoms. The zero-order chi connectivity index (χ0) is 22.4. The van der Waals surface area contributed by atoms with Gasteiger partial charge < -0.3 is 19.5 Å². The molecule has 0 radical (unpaired) electrons. The summed E-state index contributed by atoms with van der Waals surface area (Å²) in [5, 5.41) is 9.19. The molecule has 1 fully saturated rings. The van der Waals surface area contributed by atoms with E-state index in [1.54, 1.807) is 0 Å². The number of imidazole rings is 1. The van der Waals surface area contributed by atoms with Crippen molar-refractivity contribution in [2.24, 2.45) is 0 Å². The first kappa shape index (κ1) is 21.2. The minimum absolute atomic E-state index is 0.189. The van der Waals surface area contributed by atoms with E-state index in [0.717, 1.165) is 53.2 Å². The lowest BCUT2D eigenvalue weighted by atomic mass is 10.1. The van der Waals surface area contributed by atoms with Gasteiger partial charge in [0.05, 0.1) is 29.3 Å². The van der Waals surface area contributed by atoms with Crippen LogP contribution in [-0.2, 0) is 4.74 Å². The highest BCUT2D eigenvalue weighted by atomic mass is 35.5. The first-order chi connectivity index (χ1) is 15.4. The predicted molar refractivity (Wildman–Crippen MR) is 131 cm³/mol. The monoisotopic (exact) mass is 452 g/mol. The fraction of sp³-hybridized carbons (Fsp3) is 0.417. The molecule has 1 aliphatic heterocycles. The van der Waals surface area contributed by atoms with Gasteiger partial charge in [0.2, 0.25) is 0 Å². The van der Waals surface area contributed by atoms with Gasteiger partial charge in [-0.25, -0.2) is 4.98 Å². The summed E-state index contributed by atoms with van der Waals surface area (Å²) >= 11 is 6.11. The lowest BCUT2D eigenvalue weighted by Crippen LogP contribution is -2.52. The van der Waals surface area contributed by atoms with Crippen LogP contribution in [-0.4, -0.2) is 70.0 Å². The largest absolute Gasteiger partial charge is 0.373 e. The minimum Gasteiger partial charge on any atom is -0.373 e. The van der Waals surface area contributed by atoms with Crippen LogP contribution in [0.25, 0.3) is 33.5 Å². The molecule has 8 heteroatoms. The Morgan fingerprint density at radius 1 is 1.22 bits per heavy atom. The lowest BCUT2D eigenvalue weighted by molar-refractivity contribution is 0.000769. The van der Waals surface area contributed by atoms with E-state index in [-0.39, 0.29) is 6.10 Å². The second-order valence-electron chi connectivity index (χ2n) is 9.04. The molecule has 2 unspecified atom stereocenters. The van der Waals surface area contributed by atoms with Crippen LogP contribution in [0.2, 0.25) is 5.02 Å². The number of nitrogens with one attached hydrogen (secondary N) is 2. The Bertz CT molecular complexity index is 1250. The van der Waals surface area contributed by atoms with Gasteiger partial charge in [0.25, 0.3) is 0 Å². The average Bonchev–Trinajstić information content (AvgIpc) is 3.37. The average molecular weight is 453 g/mol. The summed E-state index contributed by atoms with van der Waals surface area (Å²) < 4.78 is 6.13. The van der Waals surface area contributed by atoms with Gasteiger partial charge in [0, 0.05) is 41.3 Å². The number of halogens is 1.